The molecule has 0 radical (unpaired) electrons. The van der Waals surface area contributed by atoms with Crippen LogP contribution >= 0.6 is 0 Å². The average Bonchev–Trinajstić information content (AvgIpc) is 3.15. The van der Waals surface area contributed by atoms with Crippen LogP contribution in [0.15, 0.2) is 42.0 Å². The van der Waals surface area contributed by atoms with Crippen molar-refractivity contribution >= 4 is 17.3 Å². The maximum Gasteiger partial charge on any atom is 0.0999 e. The smallest absolute Gasteiger partial charge is 0.0999 e. The van der Waals surface area contributed by atoms with Crippen LogP contribution in [0, 0.1) is 5.41 Å². The molecule has 8 nitrogen and oxygen atoms in total. The molecule has 0 bridgehead atoms. The Labute approximate surface area is 176 Å². The summed E-state index contributed by atoms with van der Waals surface area (Å²) in [5.41, 5.74) is 9.94. The third-order valence-corrected chi connectivity index (χ3v) is 6.01. The van der Waals surface area contributed by atoms with Crippen molar-refractivity contribution in [2.75, 3.05) is 13.2 Å². The number of allylic oxidation sites excluding steroid dienone is 1. The minimum absolute atomic E-state index is 0.0373. The fourth-order valence-corrected chi connectivity index (χ4v) is 3.68. The van der Waals surface area contributed by atoms with Crippen molar-refractivity contribution in [1.82, 2.24) is 24.4 Å². The fraction of sp³-hybridized carbons (Fsp3) is 0.455. The molecule has 1 aliphatic carbocycles. The number of aliphatic hydroxyl groups excluding tert-OH is 1. The molecule has 0 aliphatic heterocycles. The van der Waals surface area contributed by atoms with Crippen molar-refractivity contribution in [3.05, 3.63) is 42.7 Å². The first-order valence-electron chi connectivity index (χ1n) is 10.5. The van der Waals surface area contributed by atoms with Crippen molar-refractivity contribution in [2.24, 2.45) is 16.1 Å². The quantitative estimate of drug-likeness (QED) is 0.530. The molecule has 0 unspecified atom stereocenters. The zero-order chi connectivity index (χ0) is 21.1. The summed E-state index contributed by atoms with van der Waals surface area (Å²) in [5.74, 6) is 0. The van der Waals surface area contributed by atoms with E-state index in [1.165, 1.54) is 6.20 Å². The zero-order valence-corrected chi connectivity index (χ0v) is 17.6. The lowest BCUT2D eigenvalue weighted by Crippen LogP contribution is -2.10. The number of aliphatic imine (C=N–C) groups is 1. The van der Waals surface area contributed by atoms with Gasteiger partial charge in [-0.2, -0.15) is 10.2 Å². The highest BCUT2D eigenvalue weighted by atomic mass is 16.3. The topological polar surface area (TPSA) is 107 Å². The Bertz CT molecular complexity index is 1070. The minimum atomic E-state index is -0.0373. The monoisotopic (exact) mass is 407 g/mol. The summed E-state index contributed by atoms with van der Waals surface area (Å²) in [5, 5.41) is 18.5. The second-order valence-corrected chi connectivity index (χ2v) is 8.07. The molecule has 1 saturated carbocycles. The molecular formula is C22H29N7O. The molecule has 0 spiro atoms. The largest absolute Gasteiger partial charge is 0.404 e. The molecule has 3 aromatic heterocycles. The molecular weight excluding hydrogens is 378 g/mol. The van der Waals surface area contributed by atoms with Gasteiger partial charge in [0, 0.05) is 41.7 Å². The maximum absolute atomic E-state index is 9.48. The van der Waals surface area contributed by atoms with Crippen molar-refractivity contribution in [1.29, 1.82) is 0 Å². The molecule has 1 fully saturated rings. The van der Waals surface area contributed by atoms with Gasteiger partial charge in [-0.25, -0.2) is 9.50 Å². The molecule has 0 saturated heterocycles. The molecule has 30 heavy (non-hydrogen) atoms. The van der Waals surface area contributed by atoms with Crippen LogP contribution in [0.5, 0.6) is 0 Å². The van der Waals surface area contributed by atoms with Crippen LogP contribution < -0.4 is 5.73 Å². The van der Waals surface area contributed by atoms with Crippen LogP contribution in [0.2, 0.25) is 0 Å². The summed E-state index contributed by atoms with van der Waals surface area (Å²) >= 11 is 0. The molecule has 158 valence electrons. The lowest BCUT2D eigenvalue weighted by Gasteiger charge is -2.12. The third-order valence-electron chi connectivity index (χ3n) is 6.01. The van der Waals surface area contributed by atoms with Crippen LogP contribution in [0.1, 0.15) is 51.3 Å². The first-order chi connectivity index (χ1) is 14.6. The van der Waals surface area contributed by atoms with E-state index in [0.29, 0.717) is 18.3 Å². The maximum atomic E-state index is 9.48. The van der Waals surface area contributed by atoms with Crippen molar-refractivity contribution in [3.8, 4) is 11.3 Å². The van der Waals surface area contributed by atoms with E-state index in [-0.39, 0.29) is 12.0 Å². The van der Waals surface area contributed by atoms with E-state index in [1.54, 1.807) is 16.9 Å². The molecule has 0 atom stereocenters. The molecule has 1 aliphatic rings. The van der Waals surface area contributed by atoms with Gasteiger partial charge in [-0.05, 0) is 31.7 Å². The average molecular weight is 408 g/mol. The first-order valence-corrected chi connectivity index (χ1v) is 10.5. The Morgan fingerprint density at radius 3 is 2.77 bits per heavy atom. The van der Waals surface area contributed by atoms with Crippen molar-refractivity contribution in [3.63, 3.8) is 0 Å². The molecule has 8 heteroatoms. The van der Waals surface area contributed by atoms with E-state index in [1.807, 2.05) is 23.1 Å². The Kier molecular flexibility index (Phi) is 5.67. The van der Waals surface area contributed by atoms with Gasteiger partial charge in [0.15, 0.2) is 0 Å². The van der Waals surface area contributed by atoms with Gasteiger partial charge in [-0.3, -0.25) is 9.67 Å². The molecule has 0 aromatic carbocycles. The summed E-state index contributed by atoms with van der Waals surface area (Å²) in [6.07, 6.45) is 14.9. The molecule has 4 rings (SSSR count). The molecule has 3 aromatic rings. The summed E-state index contributed by atoms with van der Waals surface area (Å²) < 4.78 is 3.82. The van der Waals surface area contributed by atoms with Crippen molar-refractivity contribution < 1.29 is 5.11 Å². The predicted molar refractivity (Wildman–Crippen MR) is 118 cm³/mol. The Morgan fingerprint density at radius 1 is 1.30 bits per heavy atom. The number of nitrogens with two attached hydrogens (primary N) is 1. The van der Waals surface area contributed by atoms with Gasteiger partial charge in [0.2, 0.25) is 0 Å². The summed E-state index contributed by atoms with van der Waals surface area (Å²) in [6.45, 7) is 5.11. The van der Waals surface area contributed by atoms with E-state index in [9.17, 15) is 5.11 Å². The predicted octanol–water partition coefficient (Wildman–Crippen LogP) is 3.10. The third kappa shape index (κ3) is 3.87. The number of hydrogen-bond donors (Lipinski definition) is 2. The second kappa shape index (κ2) is 8.39. The summed E-state index contributed by atoms with van der Waals surface area (Å²) in [6, 6.07) is 2.31. The number of fused-ring (bicyclic) bond motifs is 1. The van der Waals surface area contributed by atoms with E-state index in [4.69, 9.17) is 10.7 Å². The first kappa shape index (κ1) is 20.3. The highest BCUT2D eigenvalue weighted by molar-refractivity contribution is 6.09. The summed E-state index contributed by atoms with van der Waals surface area (Å²) in [7, 11) is 0. The van der Waals surface area contributed by atoms with Gasteiger partial charge in [-0.15, -0.1) is 0 Å². The lowest BCUT2D eigenvalue weighted by molar-refractivity contribution is 0.217. The fourth-order valence-electron chi connectivity index (χ4n) is 3.68. The Balaban J connectivity index is 1.68. The normalized spacial score (nSPS) is 16.2. The Morgan fingerprint density at radius 2 is 2.10 bits per heavy atom. The Hall–Kier alpha value is -3.00. The SMILES string of the molecule is CCC(CC)n1cc(-c2nc(C(C=NCC3(CO)CC3)=CN)cn3nccc23)cn1. The van der Waals surface area contributed by atoms with E-state index < -0.39 is 0 Å². The van der Waals surface area contributed by atoms with Gasteiger partial charge >= 0.3 is 0 Å². The number of rotatable bonds is 9. The van der Waals surface area contributed by atoms with Crippen molar-refractivity contribution in [2.45, 2.75) is 45.6 Å². The van der Waals surface area contributed by atoms with Crippen LogP contribution in [-0.4, -0.2) is 48.9 Å². The lowest BCUT2D eigenvalue weighted by atomic mass is 10.1. The molecule has 3 heterocycles. The van der Waals surface area contributed by atoms with Gasteiger partial charge < -0.3 is 10.8 Å². The number of nitrogens with zero attached hydrogens (tertiary/aromatic N) is 6. The molecule has 3 N–H and O–H groups in total. The highest BCUT2D eigenvalue weighted by Gasteiger charge is 2.41. The highest BCUT2D eigenvalue weighted by Crippen LogP contribution is 2.45. The zero-order valence-electron chi connectivity index (χ0n) is 17.6. The van der Waals surface area contributed by atoms with E-state index in [2.05, 4.69) is 35.2 Å². The number of aromatic nitrogens is 5. The van der Waals surface area contributed by atoms with Crippen LogP contribution in [-0.2, 0) is 0 Å². The van der Waals surface area contributed by atoms with Gasteiger partial charge in [0.1, 0.15) is 0 Å². The van der Waals surface area contributed by atoms with Gasteiger partial charge in [-0.1, -0.05) is 13.8 Å². The van der Waals surface area contributed by atoms with Crippen LogP contribution in [0.4, 0.5) is 0 Å². The molecule has 0 amide bonds. The van der Waals surface area contributed by atoms with E-state index in [0.717, 1.165) is 48.0 Å². The van der Waals surface area contributed by atoms with Crippen LogP contribution in [0.3, 0.4) is 0 Å². The number of aliphatic hydroxyl groups is 1. The minimum Gasteiger partial charge on any atom is -0.404 e. The van der Waals surface area contributed by atoms with Gasteiger partial charge in [0.25, 0.3) is 0 Å². The summed E-state index contributed by atoms with van der Waals surface area (Å²) in [4.78, 5) is 9.41. The van der Waals surface area contributed by atoms with E-state index >= 15 is 0 Å². The standard InChI is InChI=1S/C22H29N7O/c1-3-18(4-2)28-12-17(11-26-28)21-20-5-8-25-29(20)13-19(27-21)16(9-23)10-24-14-22(15-30)6-7-22/h5,8-13,18,30H,3-4,6-7,14-15,23H2,1-2H3. The second-order valence-electron chi connectivity index (χ2n) is 8.07. The van der Waals surface area contributed by atoms with Gasteiger partial charge in [0.05, 0.1) is 48.1 Å². The number of hydrogen-bond acceptors (Lipinski definition) is 6. The van der Waals surface area contributed by atoms with Crippen LogP contribution in [0.25, 0.3) is 22.3 Å².